The standard InChI is InChI=1S/C20H27BClF3N2O4/c1-17(2,3)29-16(28)27-11-14(21-30-18(4,5)19(6,7)31-21)9-12-8-13(20(23,24)25)10-26-15(12)22/h8-10H,11H2,1-7H3,(H,27,28). The normalized spacial score (nSPS) is 18.8. The summed E-state index contributed by atoms with van der Waals surface area (Å²) in [6, 6.07) is 0.883. The molecular weight excluding hydrogens is 435 g/mol. The summed E-state index contributed by atoms with van der Waals surface area (Å²) < 4.78 is 56.6. The Morgan fingerprint density at radius 3 is 2.26 bits per heavy atom. The minimum Gasteiger partial charge on any atom is -0.444 e. The zero-order chi connectivity index (χ0) is 23.8. The minimum absolute atomic E-state index is 0.0205. The maximum atomic E-state index is 13.1. The lowest BCUT2D eigenvalue weighted by Crippen LogP contribution is -2.41. The Balaban J connectivity index is 2.40. The first-order chi connectivity index (χ1) is 13.9. The van der Waals surface area contributed by atoms with Crippen LogP contribution < -0.4 is 5.32 Å². The molecule has 1 fully saturated rings. The number of halogens is 4. The number of carbonyl (C=O) groups is 1. The topological polar surface area (TPSA) is 69.7 Å². The highest BCUT2D eigenvalue weighted by molar-refractivity contribution is 6.56. The van der Waals surface area contributed by atoms with Gasteiger partial charge in [0.25, 0.3) is 0 Å². The fourth-order valence-corrected chi connectivity index (χ4v) is 2.76. The van der Waals surface area contributed by atoms with Crippen molar-refractivity contribution in [2.75, 3.05) is 6.54 Å². The molecular formula is C20H27BClF3N2O4. The maximum absolute atomic E-state index is 13.1. The van der Waals surface area contributed by atoms with E-state index < -0.39 is 41.8 Å². The maximum Gasteiger partial charge on any atom is 0.492 e. The quantitative estimate of drug-likeness (QED) is 0.486. The number of hydrogen-bond acceptors (Lipinski definition) is 5. The van der Waals surface area contributed by atoms with E-state index in [0.29, 0.717) is 11.7 Å². The van der Waals surface area contributed by atoms with E-state index in [-0.39, 0.29) is 17.3 Å². The van der Waals surface area contributed by atoms with Gasteiger partial charge in [-0.05, 0) is 60.0 Å². The Hall–Kier alpha value is -1.78. The summed E-state index contributed by atoms with van der Waals surface area (Å²) in [6.07, 6.45) is -3.24. The van der Waals surface area contributed by atoms with Crippen molar-refractivity contribution in [3.63, 3.8) is 0 Å². The van der Waals surface area contributed by atoms with E-state index in [1.54, 1.807) is 20.8 Å². The van der Waals surface area contributed by atoms with Crippen LogP contribution in [0.2, 0.25) is 5.15 Å². The average Bonchev–Trinajstić information content (AvgIpc) is 2.78. The first kappa shape index (κ1) is 25.5. The Labute approximate surface area is 185 Å². The Morgan fingerprint density at radius 2 is 1.77 bits per heavy atom. The fourth-order valence-electron chi connectivity index (χ4n) is 2.61. The van der Waals surface area contributed by atoms with Gasteiger partial charge in [0, 0.05) is 18.3 Å². The van der Waals surface area contributed by atoms with E-state index in [0.717, 1.165) is 6.07 Å². The van der Waals surface area contributed by atoms with Gasteiger partial charge in [0.05, 0.1) is 16.8 Å². The highest BCUT2D eigenvalue weighted by atomic mass is 35.5. The van der Waals surface area contributed by atoms with Gasteiger partial charge in [-0.2, -0.15) is 13.2 Å². The van der Waals surface area contributed by atoms with Gasteiger partial charge in [0.2, 0.25) is 0 Å². The Morgan fingerprint density at radius 1 is 1.23 bits per heavy atom. The Kier molecular flexibility index (Phi) is 7.10. The molecule has 31 heavy (non-hydrogen) atoms. The van der Waals surface area contributed by atoms with Crippen molar-refractivity contribution in [1.29, 1.82) is 0 Å². The number of amides is 1. The molecule has 0 saturated carbocycles. The van der Waals surface area contributed by atoms with Crippen LogP contribution in [0.1, 0.15) is 59.6 Å². The predicted molar refractivity (Wildman–Crippen MR) is 113 cm³/mol. The van der Waals surface area contributed by atoms with Crippen LogP contribution in [0.3, 0.4) is 0 Å². The smallest absolute Gasteiger partial charge is 0.444 e. The van der Waals surface area contributed by atoms with Crippen LogP contribution in [0.5, 0.6) is 0 Å². The van der Waals surface area contributed by atoms with Crippen molar-refractivity contribution >= 4 is 30.9 Å². The minimum atomic E-state index is -4.58. The van der Waals surface area contributed by atoms with E-state index in [1.165, 1.54) is 6.08 Å². The molecule has 0 atom stereocenters. The molecule has 0 aromatic carbocycles. The first-order valence-electron chi connectivity index (χ1n) is 9.67. The second kappa shape index (κ2) is 8.63. The van der Waals surface area contributed by atoms with Crippen molar-refractivity contribution < 1.29 is 32.0 Å². The number of carbonyl (C=O) groups excluding carboxylic acids is 1. The van der Waals surface area contributed by atoms with Crippen LogP contribution in [-0.2, 0) is 20.2 Å². The summed E-state index contributed by atoms with van der Waals surface area (Å²) in [6.45, 7) is 12.4. The number of nitrogens with one attached hydrogen (secondary N) is 1. The fraction of sp³-hybridized carbons (Fsp3) is 0.600. The summed E-state index contributed by atoms with van der Waals surface area (Å²) in [5.41, 5.74) is -2.68. The van der Waals surface area contributed by atoms with Crippen molar-refractivity contribution in [3.8, 4) is 0 Å². The molecule has 1 amide bonds. The Bertz CT molecular complexity index is 851. The third kappa shape index (κ3) is 6.60. The number of aromatic nitrogens is 1. The largest absolute Gasteiger partial charge is 0.492 e. The highest BCUT2D eigenvalue weighted by Crippen LogP contribution is 2.39. The van der Waals surface area contributed by atoms with Crippen LogP contribution >= 0.6 is 11.6 Å². The average molecular weight is 463 g/mol. The summed E-state index contributed by atoms with van der Waals surface area (Å²) >= 11 is 6.04. The summed E-state index contributed by atoms with van der Waals surface area (Å²) in [5, 5.41) is 2.45. The molecule has 6 nitrogen and oxygen atoms in total. The molecule has 1 saturated heterocycles. The number of nitrogens with zero attached hydrogens (tertiary/aromatic N) is 1. The number of pyridine rings is 1. The van der Waals surface area contributed by atoms with Crippen LogP contribution in [0.15, 0.2) is 17.7 Å². The molecule has 2 rings (SSSR count). The van der Waals surface area contributed by atoms with Gasteiger partial charge >= 0.3 is 19.4 Å². The molecule has 1 aromatic heterocycles. The van der Waals surface area contributed by atoms with E-state index in [2.05, 4.69) is 10.3 Å². The molecule has 11 heteroatoms. The first-order valence-corrected chi connectivity index (χ1v) is 10.0. The molecule has 2 heterocycles. The van der Waals surface area contributed by atoms with E-state index in [1.807, 2.05) is 27.7 Å². The molecule has 1 aromatic rings. The van der Waals surface area contributed by atoms with Crippen LogP contribution in [0.25, 0.3) is 6.08 Å². The second-order valence-electron chi connectivity index (χ2n) is 9.26. The molecule has 0 spiro atoms. The van der Waals surface area contributed by atoms with E-state index >= 15 is 0 Å². The number of alkyl halides is 3. The third-order valence-electron chi connectivity index (χ3n) is 4.93. The molecule has 0 unspecified atom stereocenters. The monoisotopic (exact) mass is 462 g/mol. The second-order valence-corrected chi connectivity index (χ2v) is 9.62. The van der Waals surface area contributed by atoms with E-state index in [9.17, 15) is 18.0 Å². The third-order valence-corrected chi connectivity index (χ3v) is 5.24. The number of ether oxygens (including phenoxy) is 1. The van der Waals surface area contributed by atoms with Crippen LogP contribution in [0, 0.1) is 0 Å². The molecule has 172 valence electrons. The number of alkyl carbamates (subject to hydrolysis) is 1. The van der Waals surface area contributed by atoms with Gasteiger partial charge in [-0.3, -0.25) is 0 Å². The van der Waals surface area contributed by atoms with Gasteiger partial charge < -0.3 is 19.4 Å². The number of hydrogen-bond donors (Lipinski definition) is 1. The lowest BCUT2D eigenvalue weighted by molar-refractivity contribution is -0.137. The predicted octanol–water partition coefficient (Wildman–Crippen LogP) is 5.29. The summed E-state index contributed by atoms with van der Waals surface area (Å²) in [4.78, 5) is 15.7. The van der Waals surface area contributed by atoms with Crippen LogP contribution in [-0.4, -0.2) is 41.5 Å². The van der Waals surface area contributed by atoms with Gasteiger partial charge in [0.1, 0.15) is 10.8 Å². The zero-order valence-corrected chi connectivity index (χ0v) is 19.4. The molecule has 0 radical (unpaired) electrons. The van der Waals surface area contributed by atoms with Gasteiger partial charge in [-0.25, -0.2) is 9.78 Å². The lowest BCUT2D eigenvalue weighted by Gasteiger charge is -2.32. The van der Waals surface area contributed by atoms with Crippen molar-refractivity contribution in [3.05, 3.63) is 34.0 Å². The molecule has 1 aliphatic heterocycles. The van der Waals surface area contributed by atoms with Crippen LogP contribution in [0.4, 0.5) is 18.0 Å². The van der Waals surface area contributed by atoms with Gasteiger partial charge in [-0.1, -0.05) is 17.7 Å². The molecule has 1 N–H and O–H groups in total. The van der Waals surface area contributed by atoms with Gasteiger partial charge in [-0.15, -0.1) is 0 Å². The zero-order valence-electron chi connectivity index (χ0n) is 18.6. The summed E-state index contributed by atoms with van der Waals surface area (Å²) in [5.74, 6) is 0. The SMILES string of the molecule is CC(C)(C)OC(=O)NCC(=Cc1cc(C(F)(F)F)cnc1Cl)B1OC(C)(C)C(C)(C)O1. The van der Waals surface area contributed by atoms with Gasteiger partial charge in [0.15, 0.2) is 0 Å². The molecule has 0 aliphatic carbocycles. The van der Waals surface area contributed by atoms with Crippen molar-refractivity contribution in [2.45, 2.75) is 71.4 Å². The summed E-state index contributed by atoms with van der Waals surface area (Å²) in [7, 11) is -0.925. The highest BCUT2D eigenvalue weighted by Gasteiger charge is 2.52. The van der Waals surface area contributed by atoms with E-state index in [4.69, 9.17) is 25.6 Å². The van der Waals surface area contributed by atoms with Crippen molar-refractivity contribution in [1.82, 2.24) is 10.3 Å². The lowest BCUT2D eigenvalue weighted by atomic mass is 9.77. The number of rotatable bonds is 4. The molecule has 1 aliphatic rings. The molecule has 0 bridgehead atoms. The van der Waals surface area contributed by atoms with Crippen molar-refractivity contribution in [2.24, 2.45) is 0 Å².